The van der Waals surface area contributed by atoms with Gasteiger partial charge in [0.2, 0.25) is 5.91 Å². The first-order valence-corrected chi connectivity index (χ1v) is 9.58. The van der Waals surface area contributed by atoms with Crippen molar-refractivity contribution < 1.29 is 9.53 Å². The molecule has 1 fully saturated rings. The fourth-order valence-electron chi connectivity index (χ4n) is 3.44. The van der Waals surface area contributed by atoms with E-state index >= 15 is 0 Å². The lowest BCUT2D eigenvalue weighted by Crippen LogP contribution is -2.49. The second-order valence-corrected chi connectivity index (χ2v) is 7.28. The lowest BCUT2D eigenvalue weighted by molar-refractivity contribution is -0.132. The van der Waals surface area contributed by atoms with Gasteiger partial charge in [-0.05, 0) is 31.2 Å². The fourth-order valence-corrected chi connectivity index (χ4v) is 3.63. The molecule has 0 radical (unpaired) electrons. The molecule has 4 rings (SSSR count). The molecule has 1 aliphatic heterocycles. The predicted molar refractivity (Wildman–Crippen MR) is 109 cm³/mol. The highest BCUT2D eigenvalue weighted by Gasteiger charge is 2.22. The maximum atomic E-state index is 12.7. The van der Waals surface area contributed by atoms with Crippen molar-refractivity contribution >= 4 is 34.2 Å². The van der Waals surface area contributed by atoms with E-state index in [1.807, 2.05) is 48.4 Å². The molecule has 146 valence electrons. The minimum Gasteiger partial charge on any atom is -0.495 e. The lowest BCUT2D eigenvalue weighted by atomic mass is 10.2. The maximum absolute atomic E-state index is 12.7. The first kappa shape index (κ1) is 18.6. The minimum atomic E-state index is 0.0675. The Morgan fingerprint density at radius 3 is 2.68 bits per heavy atom. The van der Waals surface area contributed by atoms with Gasteiger partial charge >= 0.3 is 0 Å². The Hall–Kier alpha value is -2.80. The molecule has 0 bridgehead atoms. The van der Waals surface area contributed by atoms with Crippen molar-refractivity contribution in [2.24, 2.45) is 0 Å². The number of ether oxygens (including phenoxy) is 1. The number of nitrogens with zero attached hydrogens (tertiary/aromatic N) is 5. The maximum Gasteiger partial charge on any atom is 0.244 e. The molecule has 28 heavy (non-hydrogen) atoms. The molecule has 7 nitrogen and oxygen atoms in total. The molecule has 1 aliphatic rings. The molecule has 0 aliphatic carbocycles. The third-order valence-corrected chi connectivity index (χ3v) is 5.29. The van der Waals surface area contributed by atoms with Crippen LogP contribution >= 0.6 is 11.6 Å². The molecule has 2 aromatic heterocycles. The van der Waals surface area contributed by atoms with E-state index in [9.17, 15) is 4.79 Å². The summed E-state index contributed by atoms with van der Waals surface area (Å²) >= 11 is 6.11. The molecule has 0 saturated carbocycles. The average molecular weight is 400 g/mol. The van der Waals surface area contributed by atoms with Crippen LogP contribution in [0, 0.1) is 6.92 Å². The second-order valence-electron chi connectivity index (χ2n) is 6.87. The first-order valence-electron chi connectivity index (χ1n) is 9.20. The van der Waals surface area contributed by atoms with Crippen molar-refractivity contribution in [3.8, 4) is 5.75 Å². The van der Waals surface area contributed by atoms with E-state index in [0.29, 0.717) is 23.9 Å². The summed E-state index contributed by atoms with van der Waals surface area (Å²) in [5, 5.41) is 5.04. The number of rotatable bonds is 4. The van der Waals surface area contributed by atoms with E-state index in [1.165, 1.54) is 0 Å². The Kier molecular flexibility index (Phi) is 5.09. The van der Waals surface area contributed by atoms with Gasteiger partial charge in [0.1, 0.15) is 23.3 Å². The summed E-state index contributed by atoms with van der Waals surface area (Å²) in [6, 6.07) is 9.60. The van der Waals surface area contributed by atoms with Crippen molar-refractivity contribution in [3.63, 3.8) is 0 Å². The first-order chi connectivity index (χ1) is 13.5. The van der Waals surface area contributed by atoms with Crippen LogP contribution in [0.2, 0.25) is 5.02 Å². The van der Waals surface area contributed by atoms with Gasteiger partial charge in [0, 0.05) is 43.6 Å². The van der Waals surface area contributed by atoms with Gasteiger partial charge in [-0.1, -0.05) is 11.6 Å². The van der Waals surface area contributed by atoms with E-state index in [1.54, 1.807) is 11.8 Å². The average Bonchev–Trinajstić information content (AvgIpc) is 3.09. The van der Waals surface area contributed by atoms with Gasteiger partial charge in [0.15, 0.2) is 0 Å². The van der Waals surface area contributed by atoms with Gasteiger partial charge in [-0.3, -0.25) is 9.48 Å². The molecule has 1 aromatic carbocycles. The lowest BCUT2D eigenvalue weighted by Gasteiger charge is -2.36. The van der Waals surface area contributed by atoms with Gasteiger partial charge in [-0.15, -0.1) is 0 Å². The van der Waals surface area contributed by atoms with E-state index in [-0.39, 0.29) is 12.5 Å². The molecule has 0 unspecified atom stereocenters. The number of aromatic nitrogens is 3. The Morgan fingerprint density at radius 1 is 1.14 bits per heavy atom. The van der Waals surface area contributed by atoms with Crippen LogP contribution in [-0.2, 0) is 11.3 Å². The molecule has 0 N–H and O–H groups in total. The third-order valence-electron chi connectivity index (χ3n) is 4.98. The van der Waals surface area contributed by atoms with Crippen molar-refractivity contribution in [1.82, 2.24) is 19.7 Å². The highest BCUT2D eigenvalue weighted by Crippen LogP contribution is 2.29. The van der Waals surface area contributed by atoms with Gasteiger partial charge in [-0.25, -0.2) is 4.98 Å². The number of halogens is 1. The number of methoxy groups -OCH3 is 1. The van der Waals surface area contributed by atoms with Crippen LogP contribution in [0.5, 0.6) is 5.75 Å². The van der Waals surface area contributed by atoms with Crippen LogP contribution < -0.4 is 9.64 Å². The number of hydrogen-bond donors (Lipinski definition) is 0. The quantitative estimate of drug-likeness (QED) is 0.675. The zero-order chi connectivity index (χ0) is 19.7. The number of carbonyl (C=O) groups is 1. The van der Waals surface area contributed by atoms with Crippen LogP contribution in [-0.4, -0.2) is 58.9 Å². The van der Waals surface area contributed by atoms with E-state index in [0.717, 1.165) is 35.5 Å². The molecule has 8 heteroatoms. The van der Waals surface area contributed by atoms with Crippen LogP contribution in [0.25, 0.3) is 11.0 Å². The molecule has 3 aromatic rings. The number of benzene rings is 1. The topological polar surface area (TPSA) is 63.5 Å². The zero-order valence-corrected chi connectivity index (χ0v) is 16.7. The Bertz CT molecular complexity index is 1010. The molecule has 0 spiro atoms. The third kappa shape index (κ3) is 3.75. The van der Waals surface area contributed by atoms with Crippen molar-refractivity contribution in [3.05, 3.63) is 47.2 Å². The number of pyridine rings is 1. The van der Waals surface area contributed by atoms with Gasteiger partial charge in [-0.2, -0.15) is 5.10 Å². The molecular formula is C20H22ClN5O2. The van der Waals surface area contributed by atoms with Crippen molar-refractivity contribution in [2.75, 3.05) is 38.2 Å². The van der Waals surface area contributed by atoms with Crippen LogP contribution in [0.3, 0.4) is 0 Å². The number of fused-ring (bicyclic) bond motifs is 1. The van der Waals surface area contributed by atoms with E-state index < -0.39 is 0 Å². The zero-order valence-electron chi connectivity index (χ0n) is 15.9. The highest BCUT2D eigenvalue weighted by molar-refractivity contribution is 6.32. The Morgan fingerprint density at radius 2 is 1.93 bits per heavy atom. The standard InChI is InChI=1S/C20H22ClN5O2/c1-14-3-6-17-18(22-14)12-26(23-17)13-20(27)25-9-7-24(8-10-25)15-4-5-16(21)19(11-15)28-2/h3-6,11-12H,7-10,13H2,1-2H3. The van der Waals surface area contributed by atoms with Crippen molar-refractivity contribution in [1.29, 1.82) is 0 Å². The monoisotopic (exact) mass is 399 g/mol. The SMILES string of the molecule is COc1cc(N2CCN(C(=O)Cn3cc4nc(C)ccc4n3)CC2)ccc1Cl. The van der Waals surface area contributed by atoms with E-state index in [4.69, 9.17) is 16.3 Å². The van der Waals surface area contributed by atoms with Crippen LogP contribution in [0.4, 0.5) is 5.69 Å². The van der Waals surface area contributed by atoms with Gasteiger partial charge in [0.05, 0.1) is 18.3 Å². The van der Waals surface area contributed by atoms with Crippen molar-refractivity contribution in [2.45, 2.75) is 13.5 Å². The second kappa shape index (κ2) is 7.67. The summed E-state index contributed by atoms with van der Waals surface area (Å²) in [6.45, 7) is 5.03. The summed E-state index contributed by atoms with van der Waals surface area (Å²) in [5.74, 6) is 0.727. The summed E-state index contributed by atoms with van der Waals surface area (Å²) in [5.41, 5.74) is 3.61. The highest BCUT2D eigenvalue weighted by atomic mass is 35.5. The molecule has 0 atom stereocenters. The molecular weight excluding hydrogens is 378 g/mol. The number of piperazine rings is 1. The molecule has 1 amide bonds. The number of amides is 1. The fraction of sp³-hybridized carbons (Fsp3) is 0.350. The number of hydrogen-bond acceptors (Lipinski definition) is 5. The summed E-state index contributed by atoms with van der Waals surface area (Å²) in [7, 11) is 1.61. The van der Waals surface area contributed by atoms with Crippen LogP contribution in [0.1, 0.15) is 5.69 Å². The summed E-state index contributed by atoms with van der Waals surface area (Å²) < 4.78 is 6.97. The summed E-state index contributed by atoms with van der Waals surface area (Å²) in [6.07, 6.45) is 1.83. The smallest absolute Gasteiger partial charge is 0.244 e. The van der Waals surface area contributed by atoms with Gasteiger partial charge in [0.25, 0.3) is 0 Å². The Labute approximate surface area is 168 Å². The predicted octanol–water partition coefficient (Wildman–Crippen LogP) is 2.75. The largest absolute Gasteiger partial charge is 0.495 e. The minimum absolute atomic E-state index is 0.0675. The Balaban J connectivity index is 1.38. The normalized spacial score (nSPS) is 14.5. The van der Waals surface area contributed by atoms with E-state index in [2.05, 4.69) is 15.0 Å². The summed E-state index contributed by atoms with van der Waals surface area (Å²) in [4.78, 5) is 21.3. The molecule has 3 heterocycles. The number of carbonyl (C=O) groups excluding carboxylic acids is 1. The number of aryl methyl sites for hydroxylation is 1. The van der Waals surface area contributed by atoms with Crippen LogP contribution in [0.15, 0.2) is 36.5 Å². The number of anilines is 1. The van der Waals surface area contributed by atoms with Gasteiger partial charge < -0.3 is 14.5 Å². The molecule has 1 saturated heterocycles.